The van der Waals surface area contributed by atoms with Crippen molar-refractivity contribution in [2.45, 2.75) is 33.1 Å². The zero-order valence-electron chi connectivity index (χ0n) is 10.7. The van der Waals surface area contributed by atoms with Crippen molar-refractivity contribution in [2.75, 3.05) is 5.75 Å². The molecule has 2 unspecified atom stereocenters. The summed E-state index contributed by atoms with van der Waals surface area (Å²) in [7, 11) is -4.08. The van der Waals surface area contributed by atoms with E-state index in [0.29, 0.717) is 12.8 Å². The molecule has 2 bridgehead atoms. The topological polar surface area (TPSA) is 135 Å². The maximum Gasteiger partial charge on any atom is 0.291 e. The molecule has 0 aromatic heterocycles. The van der Waals surface area contributed by atoms with E-state index >= 15 is 0 Å². The Morgan fingerprint density at radius 1 is 1.47 bits per heavy atom. The van der Waals surface area contributed by atoms with Crippen LogP contribution in [0.5, 0.6) is 0 Å². The first-order chi connectivity index (χ1) is 8.42. The maximum atomic E-state index is 11.9. The van der Waals surface area contributed by atoms with Crippen molar-refractivity contribution in [3.05, 3.63) is 10.1 Å². The van der Waals surface area contributed by atoms with Gasteiger partial charge in [-0.1, -0.05) is 13.8 Å². The summed E-state index contributed by atoms with van der Waals surface area (Å²) >= 11 is 0. The zero-order chi connectivity index (χ0) is 15.1. The highest BCUT2D eigenvalue weighted by Gasteiger charge is 2.65. The SMILES string of the molecule is CC1(C)C2CCC1(CS(=O)(=O)O)C(=O)C2.O=[N+]([O-])O. The Balaban J connectivity index is 0.000000399. The molecule has 0 aromatic rings. The van der Waals surface area contributed by atoms with E-state index in [0.717, 1.165) is 6.42 Å². The standard InChI is InChI=1S/C10H16O4S.HNO3/c1-9(2)7-3-4-10(9,8(11)5-7)6-15(12,13)14;2-1(3)4/h7H,3-6H2,1-2H3,(H,12,13,14);(H,2,3,4). The fourth-order valence-corrected chi connectivity index (χ4v) is 4.72. The lowest BCUT2D eigenvalue weighted by Crippen LogP contribution is -2.42. The van der Waals surface area contributed by atoms with Crippen LogP contribution >= 0.6 is 0 Å². The molecule has 2 N–H and O–H groups in total. The van der Waals surface area contributed by atoms with Crippen LogP contribution in [0.15, 0.2) is 0 Å². The van der Waals surface area contributed by atoms with Crippen LogP contribution in [0.3, 0.4) is 0 Å². The summed E-state index contributed by atoms with van der Waals surface area (Å²) in [5.41, 5.74) is -1.12. The van der Waals surface area contributed by atoms with E-state index < -0.39 is 26.4 Å². The molecule has 0 radical (unpaired) electrons. The van der Waals surface area contributed by atoms with Crippen molar-refractivity contribution in [3.63, 3.8) is 0 Å². The van der Waals surface area contributed by atoms with Gasteiger partial charge < -0.3 is 5.21 Å². The van der Waals surface area contributed by atoms with Crippen LogP contribution < -0.4 is 0 Å². The molecule has 9 heteroatoms. The minimum atomic E-state index is -4.08. The second kappa shape index (κ2) is 4.71. The number of ketones is 1. The van der Waals surface area contributed by atoms with Crippen LogP contribution in [0, 0.1) is 26.9 Å². The van der Waals surface area contributed by atoms with Crippen LogP contribution in [0.1, 0.15) is 33.1 Å². The number of nitrogens with zero attached hydrogens (tertiary/aromatic N) is 1. The monoisotopic (exact) mass is 295 g/mol. The van der Waals surface area contributed by atoms with Crippen molar-refractivity contribution in [1.82, 2.24) is 0 Å². The van der Waals surface area contributed by atoms with Crippen LogP contribution in [0.2, 0.25) is 0 Å². The number of carbonyl (C=O) groups excluding carboxylic acids is 1. The smallest absolute Gasteiger partial charge is 0.291 e. The molecule has 0 aliphatic heterocycles. The Hall–Kier alpha value is -1.22. The van der Waals surface area contributed by atoms with Gasteiger partial charge in [0, 0.05) is 6.42 Å². The van der Waals surface area contributed by atoms with Crippen molar-refractivity contribution in [3.8, 4) is 0 Å². The molecule has 19 heavy (non-hydrogen) atoms. The highest BCUT2D eigenvalue weighted by atomic mass is 32.2. The van der Waals surface area contributed by atoms with E-state index in [1.807, 2.05) is 13.8 Å². The van der Waals surface area contributed by atoms with E-state index in [9.17, 15) is 13.2 Å². The second-order valence-electron chi connectivity index (χ2n) is 5.63. The van der Waals surface area contributed by atoms with E-state index in [1.165, 1.54) is 0 Å². The summed E-state index contributed by atoms with van der Waals surface area (Å²) in [5.74, 6) is -0.101. The van der Waals surface area contributed by atoms with Gasteiger partial charge in [-0.2, -0.15) is 8.42 Å². The Morgan fingerprint density at radius 2 is 1.95 bits per heavy atom. The summed E-state index contributed by atoms with van der Waals surface area (Å²) in [5, 5.41) is 13.6. The van der Waals surface area contributed by atoms with Crippen molar-refractivity contribution in [2.24, 2.45) is 16.7 Å². The average Bonchev–Trinajstić information content (AvgIpc) is 2.47. The van der Waals surface area contributed by atoms with Gasteiger partial charge in [-0.3, -0.25) is 9.35 Å². The van der Waals surface area contributed by atoms with Gasteiger partial charge in [-0.25, -0.2) is 0 Å². The van der Waals surface area contributed by atoms with Crippen molar-refractivity contribution < 1.29 is 28.1 Å². The molecule has 2 rings (SSSR count). The highest BCUT2D eigenvalue weighted by Crippen LogP contribution is 2.64. The third-order valence-electron chi connectivity index (χ3n) is 4.57. The summed E-state index contributed by atoms with van der Waals surface area (Å²) in [6, 6.07) is 0. The summed E-state index contributed by atoms with van der Waals surface area (Å²) in [6.07, 6.45) is 1.97. The molecule has 8 nitrogen and oxygen atoms in total. The predicted octanol–water partition coefficient (Wildman–Crippen LogP) is 0.922. The second-order valence-corrected chi connectivity index (χ2v) is 7.08. The molecule has 2 atom stereocenters. The summed E-state index contributed by atoms with van der Waals surface area (Å²) in [6.45, 7) is 3.89. The third kappa shape index (κ3) is 2.86. The summed E-state index contributed by atoms with van der Waals surface area (Å²) in [4.78, 5) is 20.2. The lowest BCUT2D eigenvalue weighted by molar-refractivity contribution is -0.742. The molecular weight excluding hydrogens is 278 g/mol. The van der Waals surface area contributed by atoms with Crippen LogP contribution in [-0.2, 0) is 14.9 Å². The third-order valence-corrected chi connectivity index (χ3v) is 5.43. The molecule has 2 aliphatic carbocycles. The molecular formula is C10H17NO7S. The Kier molecular flexibility index (Phi) is 3.93. The van der Waals surface area contributed by atoms with Crippen LogP contribution in [0.25, 0.3) is 0 Å². The van der Waals surface area contributed by atoms with E-state index in [1.54, 1.807) is 0 Å². The Labute approximate surface area is 110 Å². The molecule has 0 saturated heterocycles. The summed E-state index contributed by atoms with van der Waals surface area (Å²) < 4.78 is 31.0. The lowest BCUT2D eigenvalue weighted by Gasteiger charge is -2.35. The molecule has 110 valence electrons. The van der Waals surface area contributed by atoms with E-state index in [2.05, 4.69) is 0 Å². The molecule has 0 amide bonds. The minimum Gasteiger partial charge on any atom is -0.328 e. The number of fused-ring (bicyclic) bond motifs is 2. The number of rotatable bonds is 2. The molecule has 0 spiro atoms. The normalized spacial score (nSPS) is 31.7. The molecule has 0 aromatic carbocycles. The molecule has 0 heterocycles. The minimum absolute atomic E-state index is 0.0152. The average molecular weight is 295 g/mol. The quantitative estimate of drug-likeness (QED) is 0.439. The van der Waals surface area contributed by atoms with Gasteiger partial charge in [-0.15, -0.1) is 10.1 Å². The van der Waals surface area contributed by atoms with Gasteiger partial charge in [0.25, 0.3) is 15.2 Å². The number of hydrogen-bond donors (Lipinski definition) is 2. The lowest BCUT2D eigenvalue weighted by atomic mass is 9.70. The van der Waals surface area contributed by atoms with Gasteiger partial charge in [0.2, 0.25) is 0 Å². The van der Waals surface area contributed by atoms with Crippen LogP contribution in [-0.4, -0.2) is 34.8 Å². The van der Waals surface area contributed by atoms with E-state index in [-0.39, 0.29) is 17.1 Å². The van der Waals surface area contributed by atoms with Gasteiger partial charge >= 0.3 is 0 Å². The predicted molar refractivity (Wildman–Crippen MR) is 63.8 cm³/mol. The first-order valence-electron chi connectivity index (χ1n) is 5.74. The molecule has 2 aliphatic rings. The van der Waals surface area contributed by atoms with Gasteiger partial charge in [0.1, 0.15) is 5.78 Å². The fourth-order valence-electron chi connectivity index (χ4n) is 3.42. The van der Waals surface area contributed by atoms with Crippen molar-refractivity contribution >= 4 is 15.9 Å². The van der Waals surface area contributed by atoms with E-state index in [4.69, 9.17) is 19.9 Å². The number of carbonyl (C=O) groups is 1. The molecule has 2 saturated carbocycles. The highest BCUT2D eigenvalue weighted by molar-refractivity contribution is 7.85. The first kappa shape index (κ1) is 15.8. The van der Waals surface area contributed by atoms with Crippen molar-refractivity contribution in [1.29, 1.82) is 0 Å². The van der Waals surface area contributed by atoms with Crippen LogP contribution in [0.4, 0.5) is 0 Å². The Bertz CT molecular complexity index is 494. The van der Waals surface area contributed by atoms with Gasteiger partial charge in [0.15, 0.2) is 0 Å². The Morgan fingerprint density at radius 3 is 2.21 bits per heavy atom. The zero-order valence-corrected chi connectivity index (χ0v) is 11.5. The maximum absolute atomic E-state index is 11.9. The van der Waals surface area contributed by atoms with Gasteiger partial charge in [0.05, 0.1) is 11.2 Å². The fraction of sp³-hybridized carbons (Fsp3) is 0.900. The molecule has 2 fully saturated rings. The first-order valence-corrected chi connectivity index (χ1v) is 7.35. The van der Waals surface area contributed by atoms with Gasteiger partial charge in [-0.05, 0) is 24.2 Å². The largest absolute Gasteiger partial charge is 0.328 e. The number of Topliss-reactive ketones (excluding diaryl/α,β-unsaturated/α-hetero) is 1. The number of hydrogen-bond acceptors (Lipinski definition) is 5.